The number of carbonyl (C=O) groups is 1. The Hall–Kier alpha value is -3.53. The first-order chi connectivity index (χ1) is 16.8. The average Bonchev–Trinajstić information content (AvgIpc) is 2.91. The van der Waals surface area contributed by atoms with Crippen LogP contribution in [0.25, 0.3) is 0 Å². The lowest BCUT2D eigenvalue weighted by Gasteiger charge is -2.52. The Labute approximate surface area is 200 Å². The number of rotatable bonds is 4. The molecule has 4 aromatic carbocycles. The number of fused-ring (bicyclic) bond motifs is 2. The molecule has 2 fully saturated rings. The molecule has 4 aromatic rings. The molecule has 3 nitrogen and oxygen atoms in total. The van der Waals surface area contributed by atoms with Gasteiger partial charge in [0.25, 0.3) is 0 Å². The molecule has 0 saturated carbocycles. The van der Waals surface area contributed by atoms with Crippen molar-refractivity contribution in [2.75, 3.05) is 0 Å². The highest BCUT2D eigenvalue weighted by atomic mass is 16.1. The topological polar surface area (TPSA) is 41.1 Å². The Morgan fingerprint density at radius 2 is 0.618 bits per heavy atom. The van der Waals surface area contributed by atoms with E-state index >= 15 is 0 Å². The predicted molar refractivity (Wildman–Crippen MR) is 135 cm³/mol. The quantitative estimate of drug-likeness (QED) is 0.408. The van der Waals surface area contributed by atoms with E-state index in [0.29, 0.717) is 5.78 Å². The maximum Gasteiger partial charge on any atom is 0.146 e. The molecule has 2 unspecified atom stereocenters. The molecular weight excluding hydrogens is 416 g/mol. The second-order valence-corrected chi connectivity index (χ2v) is 9.34. The minimum Gasteiger partial charge on any atom is -0.302 e. The van der Waals surface area contributed by atoms with Gasteiger partial charge in [-0.15, -0.1) is 0 Å². The first kappa shape index (κ1) is 21.0. The molecule has 0 aliphatic carbocycles. The fourth-order valence-corrected chi connectivity index (χ4v) is 5.92. The van der Waals surface area contributed by atoms with Crippen LogP contribution in [0, 0.1) is 11.8 Å². The normalized spacial score (nSPS) is 28.4. The summed E-state index contributed by atoms with van der Waals surface area (Å²) < 4.78 is 0. The van der Waals surface area contributed by atoms with E-state index in [1.165, 1.54) is 0 Å². The summed E-state index contributed by atoms with van der Waals surface area (Å²) in [6.45, 7) is 0. The van der Waals surface area contributed by atoms with Crippen molar-refractivity contribution < 1.29 is 4.79 Å². The number of benzene rings is 4. The van der Waals surface area contributed by atoms with Gasteiger partial charge in [-0.3, -0.25) is 4.79 Å². The van der Waals surface area contributed by atoms with Crippen LogP contribution in [0.2, 0.25) is 0 Å². The molecule has 6 atom stereocenters. The predicted octanol–water partition coefficient (Wildman–Crippen LogP) is 5.96. The highest BCUT2D eigenvalue weighted by molar-refractivity contribution is 5.89. The van der Waals surface area contributed by atoms with Gasteiger partial charge in [-0.05, 0) is 22.3 Å². The number of piperidine rings is 2. The second kappa shape index (κ2) is 9.02. The average molecular weight is 445 g/mol. The number of hydrogen-bond donors (Lipinski definition) is 2. The van der Waals surface area contributed by atoms with Gasteiger partial charge in [0.05, 0.1) is 11.8 Å². The van der Waals surface area contributed by atoms with Crippen molar-refractivity contribution >= 4 is 5.78 Å². The Morgan fingerprint density at radius 1 is 0.382 bits per heavy atom. The zero-order valence-corrected chi connectivity index (χ0v) is 18.9. The minimum absolute atomic E-state index is 0.0791. The van der Waals surface area contributed by atoms with Crippen LogP contribution in [0.4, 0.5) is 0 Å². The van der Waals surface area contributed by atoms with Crippen molar-refractivity contribution in [3.63, 3.8) is 0 Å². The van der Waals surface area contributed by atoms with Gasteiger partial charge >= 0.3 is 0 Å². The van der Waals surface area contributed by atoms with Gasteiger partial charge in [0.1, 0.15) is 5.78 Å². The summed E-state index contributed by atoms with van der Waals surface area (Å²) in [6.07, 6.45) is 0. The standard InChI is InChI=1S/C31H28N2O/c34-31-25-27(21-13-5-1-6-14-21)32-29(23-17-9-3-10-18-23)26(31)30(24-19-11-4-12-20-24)33-28(25)22-15-7-2-8-16-22/h1-20,25-30,32-33H/t25?,26?,27-,28-,29-,30+/m1/s1. The fraction of sp³-hybridized carbons (Fsp3) is 0.194. The monoisotopic (exact) mass is 444 g/mol. The van der Waals surface area contributed by atoms with Gasteiger partial charge in [0, 0.05) is 24.2 Å². The van der Waals surface area contributed by atoms with Gasteiger partial charge < -0.3 is 10.6 Å². The van der Waals surface area contributed by atoms with Crippen LogP contribution in [-0.4, -0.2) is 5.78 Å². The smallest absolute Gasteiger partial charge is 0.146 e. The number of nitrogens with one attached hydrogen (secondary N) is 2. The molecule has 0 radical (unpaired) electrons. The molecule has 2 bridgehead atoms. The van der Waals surface area contributed by atoms with Crippen molar-refractivity contribution in [1.29, 1.82) is 0 Å². The van der Waals surface area contributed by atoms with E-state index in [9.17, 15) is 4.79 Å². The van der Waals surface area contributed by atoms with E-state index in [1.807, 2.05) is 24.3 Å². The van der Waals surface area contributed by atoms with Crippen molar-refractivity contribution in [2.24, 2.45) is 11.8 Å². The van der Waals surface area contributed by atoms with Crippen molar-refractivity contribution in [3.8, 4) is 0 Å². The number of hydrogen-bond acceptors (Lipinski definition) is 3. The first-order valence-electron chi connectivity index (χ1n) is 12.1. The van der Waals surface area contributed by atoms with Gasteiger partial charge in [-0.1, -0.05) is 121 Å². The lowest BCUT2D eigenvalue weighted by molar-refractivity contribution is -0.139. The third-order valence-electron chi connectivity index (χ3n) is 7.45. The molecule has 168 valence electrons. The largest absolute Gasteiger partial charge is 0.302 e. The zero-order chi connectivity index (χ0) is 22.9. The molecule has 2 saturated heterocycles. The number of Topliss-reactive ketones (excluding diaryl/α,β-unsaturated/α-hetero) is 1. The number of carbonyl (C=O) groups excluding carboxylic acids is 1. The van der Waals surface area contributed by atoms with Crippen LogP contribution in [-0.2, 0) is 4.79 Å². The molecule has 0 amide bonds. The summed E-state index contributed by atoms with van der Waals surface area (Å²) in [5.41, 5.74) is 4.62. The molecule has 3 heteroatoms. The third-order valence-corrected chi connectivity index (χ3v) is 7.45. The van der Waals surface area contributed by atoms with E-state index in [0.717, 1.165) is 22.3 Å². The van der Waals surface area contributed by atoms with E-state index in [-0.39, 0.29) is 36.0 Å². The summed E-state index contributed by atoms with van der Waals surface area (Å²) in [7, 11) is 0. The van der Waals surface area contributed by atoms with Crippen molar-refractivity contribution in [3.05, 3.63) is 144 Å². The molecule has 2 N–H and O–H groups in total. The van der Waals surface area contributed by atoms with Crippen LogP contribution in [0.5, 0.6) is 0 Å². The lowest BCUT2D eigenvalue weighted by atomic mass is 9.64. The van der Waals surface area contributed by atoms with Gasteiger partial charge in [-0.2, -0.15) is 0 Å². The van der Waals surface area contributed by atoms with Gasteiger partial charge in [0.15, 0.2) is 0 Å². The summed E-state index contributed by atoms with van der Waals surface area (Å²) in [6, 6.07) is 41.4. The Morgan fingerprint density at radius 3 is 0.853 bits per heavy atom. The van der Waals surface area contributed by atoms with Gasteiger partial charge in [0.2, 0.25) is 0 Å². The van der Waals surface area contributed by atoms with E-state index in [2.05, 4.69) is 108 Å². The minimum atomic E-state index is -0.199. The summed E-state index contributed by atoms with van der Waals surface area (Å²) >= 11 is 0. The molecule has 2 aliphatic rings. The molecule has 0 spiro atoms. The molecule has 34 heavy (non-hydrogen) atoms. The molecular formula is C31H28N2O. The van der Waals surface area contributed by atoms with Crippen LogP contribution < -0.4 is 10.6 Å². The summed E-state index contributed by atoms with van der Waals surface area (Å²) in [5, 5.41) is 7.91. The van der Waals surface area contributed by atoms with E-state index < -0.39 is 0 Å². The summed E-state index contributed by atoms with van der Waals surface area (Å²) in [5.74, 6) is -0.0626. The highest BCUT2D eigenvalue weighted by Gasteiger charge is 2.55. The van der Waals surface area contributed by atoms with Crippen LogP contribution in [0.15, 0.2) is 121 Å². The number of ketones is 1. The van der Waals surface area contributed by atoms with Crippen molar-refractivity contribution in [1.82, 2.24) is 10.6 Å². The molecule has 6 rings (SSSR count). The van der Waals surface area contributed by atoms with Gasteiger partial charge in [-0.25, -0.2) is 0 Å². The first-order valence-corrected chi connectivity index (χ1v) is 12.1. The Bertz CT molecular complexity index is 1050. The maximum atomic E-state index is 14.5. The van der Waals surface area contributed by atoms with Crippen LogP contribution >= 0.6 is 0 Å². The van der Waals surface area contributed by atoms with E-state index in [4.69, 9.17) is 0 Å². The van der Waals surface area contributed by atoms with Crippen molar-refractivity contribution in [2.45, 2.75) is 24.2 Å². The Kier molecular flexibility index (Phi) is 5.58. The molecule has 2 aliphatic heterocycles. The third kappa shape index (κ3) is 3.67. The van der Waals surface area contributed by atoms with E-state index in [1.54, 1.807) is 0 Å². The lowest BCUT2D eigenvalue weighted by Crippen LogP contribution is -2.60. The maximum absolute atomic E-state index is 14.5. The SMILES string of the molecule is O=C1C2[C@@H](c3ccccc3)N[C@H](c3ccccc3)C1[C@H](c1ccccc1)N[C@@H]2c1ccccc1. The molecule has 2 heterocycles. The second-order valence-electron chi connectivity index (χ2n) is 9.34. The van der Waals surface area contributed by atoms with Crippen LogP contribution in [0.3, 0.4) is 0 Å². The fourth-order valence-electron chi connectivity index (χ4n) is 5.92. The molecule has 0 aromatic heterocycles. The highest BCUT2D eigenvalue weighted by Crippen LogP contribution is 2.51. The summed E-state index contributed by atoms with van der Waals surface area (Å²) in [4.78, 5) is 14.5. The zero-order valence-electron chi connectivity index (χ0n) is 18.9. The van der Waals surface area contributed by atoms with Crippen LogP contribution in [0.1, 0.15) is 46.4 Å². The Balaban J connectivity index is 1.52.